The van der Waals surface area contributed by atoms with Gasteiger partial charge in [0.15, 0.2) is 18.1 Å². The molecule has 0 bridgehead atoms. The molecule has 0 radical (unpaired) electrons. The van der Waals surface area contributed by atoms with E-state index in [9.17, 15) is 9.59 Å². The van der Waals surface area contributed by atoms with Gasteiger partial charge in [-0.1, -0.05) is 11.6 Å². The van der Waals surface area contributed by atoms with Crippen molar-refractivity contribution in [3.8, 4) is 11.5 Å². The Morgan fingerprint density at radius 3 is 2.75 bits per heavy atom. The molecule has 0 fully saturated rings. The second-order valence-electron chi connectivity index (χ2n) is 5.07. The Bertz CT molecular complexity index is 759. The average Bonchev–Trinajstić information content (AvgIpc) is 2.87. The predicted molar refractivity (Wildman–Crippen MR) is 86.8 cm³/mol. The summed E-state index contributed by atoms with van der Waals surface area (Å²) < 4.78 is 16.0. The summed E-state index contributed by atoms with van der Waals surface area (Å²) in [5.41, 5.74) is 0.714. The Hall–Kier alpha value is -2.67. The molecule has 0 saturated heterocycles. The third-order valence-corrected chi connectivity index (χ3v) is 3.45. The lowest BCUT2D eigenvalue weighted by Gasteiger charge is -2.10. The highest BCUT2D eigenvalue weighted by Gasteiger charge is 2.14. The number of aromatic amines is 1. The highest BCUT2D eigenvalue weighted by atomic mass is 35.5. The summed E-state index contributed by atoms with van der Waals surface area (Å²) in [6.07, 6.45) is 2.26. The average molecular weight is 351 g/mol. The minimum atomic E-state index is -0.657. The van der Waals surface area contributed by atoms with Crippen LogP contribution in [0.4, 0.5) is 5.69 Å². The first-order valence-electron chi connectivity index (χ1n) is 7.32. The maximum absolute atomic E-state index is 11.9. The van der Waals surface area contributed by atoms with E-state index in [4.69, 9.17) is 25.8 Å². The van der Waals surface area contributed by atoms with Crippen molar-refractivity contribution in [1.29, 1.82) is 0 Å². The van der Waals surface area contributed by atoms with Crippen LogP contribution >= 0.6 is 11.6 Å². The number of halogens is 1. The monoisotopic (exact) mass is 350 g/mol. The van der Waals surface area contributed by atoms with Gasteiger partial charge < -0.3 is 24.5 Å². The second-order valence-corrected chi connectivity index (χ2v) is 5.50. The number of amides is 1. The third kappa shape index (κ3) is 3.99. The maximum atomic E-state index is 11.9. The molecule has 1 aromatic carbocycles. The van der Waals surface area contributed by atoms with E-state index in [1.807, 2.05) is 0 Å². The van der Waals surface area contributed by atoms with E-state index in [1.54, 1.807) is 18.2 Å². The zero-order chi connectivity index (χ0) is 16.9. The van der Waals surface area contributed by atoms with Crippen LogP contribution in [0.5, 0.6) is 11.5 Å². The zero-order valence-corrected chi connectivity index (χ0v) is 13.4. The standard InChI is InChI=1S/C16H15ClN2O5/c17-10-6-12(18-8-10)16(21)24-9-15(20)19-11-2-3-13-14(7-11)23-5-1-4-22-13/h2-3,6-8,18H,1,4-5,9H2,(H,19,20). The summed E-state index contributed by atoms with van der Waals surface area (Å²) in [6.45, 7) is 0.738. The third-order valence-electron chi connectivity index (χ3n) is 3.23. The molecule has 1 aromatic heterocycles. The van der Waals surface area contributed by atoms with Crippen LogP contribution in [-0.2, 0) is 9.53 Å². The van der Waals surface area contributed by atoms with Gasteiger partial charge in [-0.2, -0.15) is 0 Å². The number of hydrogen-bond donors (Lipinski definition) is 2. The molecule has 0 saturated carbocycles. The molecule has 0 spiro atoms. The van der Waals surface area contributed by atoms with Crippen molar-refractivity contribution in [2.24, 2.45) is 0 Å². The molecule has 1 aliphatic heterocycles. The molecule has 3 rings (SSSR count). The number of aromatic nitrogens is 1. The number of benzene rings is 1. The number of nitrogens with one attached hydrogen (secondary N) is 2. The summed E-state index contributed by atoms with van der Waals surface area (Å²) in [7, 11) is 0. The van der Waals surface area contributed by atoms with E-state index in [0.717, 1.165) is 6.42 Å². The van der Waals surface area contributed by atoms with Gasteiger partial charge in [0.1, 0.15) is 5.69 Å². The minimum absolute atomic E-state index is 0.184. The number of H-pyrrole nitrogens is 1. The van der Waals surface area contributed by atoms with E-state index in [-0.39, 0.29) is 5.69 Å². The zero-order valence-electron chi connectivity index (χ0n) is 12.6. The molecule has 126 valence electrons. The van der Waals surface area contributed by atoms with Gasteiger partial charge in [0.25, 0.3) is 5.91 Å². The molecule has 1 aliphatic rings. The number of anilines is 1. The number of ether oxygens (including phenoxy) is 3. The van der Waals surface area contributed by atoms with E-state index in [2.05, 4.69) is 10.3 Å². The van der Waals surface area contributed by atoms with Crippen LogP contribution in [0.2, 0.25) is 5.02 Å². The fourth-order valence-corrected chi connectivity index (χ4v) is 2.30. The summed E-state index contributed by atoms with van der Waals surface area (Å²) in [6, 6.07) is 6.51. The minimum Gasteiger partial charge on any atom is -0.490 e. The lowest BCUT2D eigenvalue weighted by atomic mass is 10.2. The largest absolute Gasteiger partial charge is 0.490 e. The molecule has 0 atom stereocenters. The number of carbonyl (C=O) groups excluding carboxylic acids is 2. The first-order chi connectivity index (χ1) is 11.6. The molecular formula is C16H15ClN2O5. The summed E-state index contributed by atoms with van der Waals surface area (Å²) in [4.78, 5) is 26.3. The number of rotatable bonds is 4. The molecule has 1 amide bonds. The van der Waals surface area contributed by atoms with Gasteiger partial charge in [-0.15, -0.1) is 0 Å². The fraction of sp³-hybridized carbons (Fsp3) is 0.250. The van der Waals surface area contributed by atoms with E-state index < -0.39 is 18.5 Å². The van der Waals surface area contributed by atoms with Gasteiger partial charge in [0, 0.05) is 24.4 Å². The van der Waals surface area contributed by atoms with Crippen LogP contribution in [0.3, 0.4) is 0 Å². The van der Waals surface area contributed by atoms with Crippen molar-refractivity contribution < 1.29 is 23.8 Å². The quantitative estimate of drug-likeness (QED) is 0.827. The van der Waals surface area contributed by atoms with Gasteiger partial charge in [-0.25, -0.2) is 4.79 Å². The van der Waals surface area contributed by atoms with Crippen molar-refractivity contribution >= 4 is 29.2 Å². The molecule has 0 aliphatic carbocycles. The summed E-state index contributed by atoms with van der Waals surface area (Å²) in [5, 5.41) is 3.02. The Morgan fingerprint density at radius 2 is 2.00 bits per heavy atom. The molecule has 2 aromatic rings. The normalized spacial score (nSPS) is 13.0. The van der Waals surface area contributed by atoms with Crippen LogP contribution < -0.4 is 14.8 Å². The Labute approximate surface area is 142 Å². The first-order valence-corrected chi connectivity index (χ1v) is 7.70. The van der Waals surface area contributed by atoms with Gasteiger partial charge in [0.05, 0.1) is 18.2 Å². The molecular weight excluding hydrogens is 336 g/mol. The van der Waals surface area contributed by atoms with Crippen LogP contribution in [0.25, 0.3) is 0 Å². The molecule has 0 unspecified atom stereocenters. The van der Waals surface area contributed by atoms with Crippen molar-refractivity contribution in [2.45, 2.75) is 6.42 Å². The van der Waals surface area contributed by atoms with Crippen molar-refractivity contribution in [2.75, 3.05) is 25.1 Å². The molecule has 8 heteroatoms. The van der Waals surface area contributed by atoms with Gasteiger partial charge in [-0.05, 0) is 18.2 Å². The molecule has 2 N–H and O–H groups in total. The van der Waals surface area contributed by atoms with Crippen molar-refractivity contribution in [3.05, 3.63) is 41.2 Å². The maximum Gasteiger partial charge on any atom is 0.355 e. The second kappa shape index (κ2) is 7.27. The topological polar surface area (TPSA) is 89.7 Å². The van der Waals surface area contributed by atoms with Gasteiger partial charge in [-0.3, -0.25) is 4.79 Å². The van der Waals surface area contributed by atoms with Crippen LogP contribution in [-0.4, -0.2) is 36.7 Å². The van der Waals surface area contributed by atoms with E-state index in [1.165, 1.54) is 12.3 Å². The SMILES string of the molecule is O=C(COC(=O)c1cc(Cl)c[nH]1)Nc1ccc2c(c1)OCCCO2. The summed E-state index contributed by atoms with van der Waals surface area (Å²) in [5.74, 6) is 0.0927. The van der Waals surface area contributed by atoms with Crippen molar-refractivity contribution in [3.63, 3.8) is 0 Å². The van der Waals surface area contributed by atoms with Gasteiger partial charge in [0.2, 0.25) is 0 Å². The van der Waals surface area contributed by atoms with Crippen molar-refractivity contribution in [1.82, 2.24) is 4.98 Å². The number of fused-ring (bicyclic) bond motifs is 1. The Balaban J connectivity index is 1.55. The summed E-state index contributed by atoms with van der Waals surface area (Å²) >= 11 is 5.70. The molecule has 24 heavy (non-hydrogen) atoms. The predicted octanol–water partition coefficient (Wildman–Crippen LogP) is 2.62. The number of carbonyl (C=O) groups is 2. The van der Waals surface area contributed by atoms with E-state index in [0.29, 0.717) is 35.4 Å². The molecule has 2 heterocycles. The van der Waals surface area contributed by atoms with Crippen LogP contribution in [0.15, 0.2) is 30.5 Å². The number of hydrogen-bond acceptors (Lipinski definition) is 5. The smallest absolute Gasteiger partial charge is 0.355 e. The number of esters is 1. The molecule has 7 nitrogen and oxygen atoms in total. The Kier molecular flexibility index (Phi) is 4.90. The highest BCUT2D eigenvalue weighted by Crippen LogP contribution is 2.32. The Morgan fingerprint density at radius 1 is 1.21 bits per heavy atom. The van der Waals surface area contributed by atoms with E-state index >= 15 is 0 Å². The van der Waals surface area contributed by atoms with Gasteiger partial charge >= 0.3 is 5.97 Å². The fourth-order valence-electron chi connectivity index (χ4n) is 2.13. The lowest BCUT2D eigenvalue weighted by molar-refractivity contribution is -0.119. The van der Waals surface area contributed by atoms with Crippen LogP contribution in [0.1, 0.15) is 16.9 Å². The first kappa shape index (κ1) is 16.2. The lowest BCUT2D eigenvalue weighted by Crippen LogP contribution is -2.21. The van der Waals surface area contributed by atoms with Crippen LogP contribution in [0, 0.1) is 0 Å². The highest BCUT2D eigenvalue weighted by molar-refractivity contribution is 6.30.